The smallest absolute Gasteiger partial charge is 0.186 e. The maximum absolute atomic E-state index is 12.3. The first-order valence-electron chi connectivity index (χ1n) is 7.49. The van der Waals surface area contributed by atoms with Gasteiger partial charge in [-0.15, -0.1) is 11.3 Å². The second-order valence-corrected chi connectivity index (χ2v) is 8.05. The number of benzene rings is 1. The van der Waals surface area contributed by atoms with Gasteiger partial charge in [0.05, 0.1) is 10.5 Å². The van der Waals surface area contributed by atoms with Gasteiger partial charge in [-0.1, -0.05) is 36.0 Å². The van der Waals surface area contributed by atoms with Crippen LogP contribution in [0.1, 0.15) is 40.0 Å². The van der Waals surface area contributed by atoms with Crippen molar-refractivity contribution in [2.45, 2.75) is 32.2 Å². The summed E-state index contributed by atoms with van der Waals surface area (Å²) in [5.41, 5.74) is 8.26. The van der Waals surface area contributed by atoms with E-state index < -0.39 is 0 Å². The summed E-state index contributed by atoms with van der Waals surface area (Å²) < 4.78 is 0. The molecule has 120 valence electrons. The summed E-state index contributed by atoms with van der Waals surface area (Å²) in [5, 5.41) is 3.38. The highest BCUT2D eigenvalue weighted by Crippen LogP contribution is 2.35. The molecule has 4 nitrogen and oxygen atoms in total. The number of nitrogens with zero attached hydrogens (tertiary/aromatic N) is 2. The third-order valence-corrected chi connectivity index (χ3v) is 5.58. The Hall–Kier alpha value is -1.66. The lowest BCUT2D eigenvalue weighted by molar-refractivity contribution is 0.0988. The molecular weight excluding hydrogens is 326 g/mol. The van der Waals surface area contributed by atoms with Crippen molar-refractivity contribution in [2.75, 3.05) is 5.75 Å². The molecule has 0 bridgehead atoms. The standard InChI is InChI=1S/C17H19N3OS2/c1-11-19-14(10-23-11)15(21)9-12-4-3-5-13(8-12)17(2)6-7-22-16(18)20-17/h3-5,8,10H,6-7,9H2,1-2H3,(H2,18,20)/t17-/m0/s1. The Bertz CT molecular complexity index is 769. The van der Waals surface area contributed by atoms with E-state index in [0.717, 1.165) is 28.3 Å². The Morgan fingerprint density at radius 1 is 1.43 bits per heavy atom. The van der Waals surface area contributed by atoms with E-state index in [0.29, 0.717) is 17.3 Å². The second kappa shape index (κ2) is 6.45. The highest BCUT2D eigenvalue weighted by Gasteiger charge is 2.29. The molecule has 2 N–H and O–H groups in total. The first kappa shape index (κ1) is 16.2. The summed E-state index contributed by atoms with van der Waals surface area (Å²) in [6, 6.07) is 8.11. The Morgan fingerprint density at radius 3 is 2.96 bits per heavy atom. The van der Waals surface area contributed by atoms with Gasteiger partial charge in [0, 0.05) is 17.6 Å². The number of rotatable bonds is 4. The van der Waals surface area contributed by atoms with Gasteiger partial charge < -0.3 is 5.73 Å². The highest BCUT2D eigenvalue weighted by molar-refractivity contribution is 8.13. The van der Waals surface area contributed by atoms with E-state index >= 15 is 0 Å². The number of carbonyl (C=O) groups excluding carboxylic acids is 1. The number of Topliss-reactive ketones (excluding diaryl/α,β-unsaturated/α-hetero) is 1. The Balaban J connectivity index is 1.83. The van der Waals surface area contributed by atoms with E-state index in [2.05, 4.69) is 29.0 Å². The van der Waals surface area contributed by atoms with Crippen LogP contribution < -0.4 is 5.73 Å². The Morgan fingerprint density at radius 2 is 2.26 bits per heavy atom. The van der Waals surface area contributed by atoms with E-state index in [4.69, 9.17) is 5.73 Å². The van der Waals surface area contributed by atoms with Crippen molar-refractivity contribution in [3.8, 4) is 0 Å². The number of aryl methyl sites for hydroxylation is 1. The van der Waals surface area contributed by atoms with Crippen molar-refractivity contribution in [3.05, 3.63) is 51.5 Å². The zero-order valence-electron chi connectivity index (χ0n) is 13.2. The first-order chi connectivity index (χ1) is 11.0. The minimum absolute atomic E-state index is 0.0545. The van der Waals surface area contributed by atoms with Crippen LogP contribution in [0.2, 0.25) is 0 Å². The molecule has 3 rings (SSSR count). The van der Waals surface area contributed by atoms with Crippen LogP contribution in [0.25, 0.3) is 0 Å². The van der Waals surface area contributed by atoms with Crippen LogP contribution in [-0.4, -0.2) is 21.7 Å². The number of hydrogen-bond acceptors (Lipinski definition) is 6. The van der Waals surface area contributed by atoms with Gasteiger partial charge in [0.15, 0.2) is 11.0 Å². The third kappa shape index (κ3) is 3.64. The van der Waals surface area contributed by atoms with Crippen molar-refractivity contribution < 1.29 is 4.79 Å². The van der Waals surface area contributed by atoms with Gasteiger partial charge in [-0.25, -0.2) is 4.98 Å². The molecule has 1 aromatic heterocycles. The van der Waals surface area contributed by atoms with E-state index in [1.165, 1.54) is 11.3 Å². The van der Waals surface area contributed by atoms with Crippen molar-refractivity contribution in [2.24, 2.45) is 10.7 Å². The number of ketones is 1. The van der Waals surface area contributed by atoms with Crippen molar-refractivity contribution in [1.82, 2.24) is 4.98 Å². The molecule has 0 aliphatic carbocycles. The van der Waals surface area contributed by atoms with Crippen molar-refractivity contribution in [1.29, 1.82) is 0 Å². The number of thiazole rings is 1. The monoisotopic (exact) mass is 345 g/mol. The summed E-state index contributed by atoms with van der Waals surface area (Å²) in [7, 11) is 0. The van der Waals surface area contributed by atoms with Gasteiger partial charge in [0.2, 0.25) is 0 Å². The molecule has 0 fully saturated rings. The van der Waals surface area contributed by atoms with Crippen LogP contribution in [-0.2, 0) is 12.0 Å². The fourth-order valence-corrected chi connectivity index (χ4v) is 4.27. The van der Waals surface area contributed by atoms with Crippen LogP contribution in [0.4, 0.5) is 0 Å². The fourth-order valence-electron chi connectivity index (χ4n) is 2.68. The van der Waals surface area contributed by atoms with E-state index in [1.807, 2.05) is 24.4 Å². The number of thioether (sulfide) groups is 1. The SMILES string of the molecule is Cc1nc(C(=O)Cc2cccc([C@]3(C)CCSC(N)=N3)c2)cs1. The average molecular weight is 345 g/mol. The lowest BCUT2D eigenvalue weighted by Gasteiger charge is -2.30. The summed E-state index contributed by atoms with van der Waals surface area (Å²) in [6.45, 7) is 4.01. The maximum Gasteiger partial charge on any atom is 0.186 e. The molecular formula is C17H19N3OS2. The predicted octanol–water partition coefficient (Wildman–Crippen LogP) is 3.54. The van der Waals surface area contributed by atoms with Gasteiger partial charge in [0.25, 0.3) is 0 Å². The molecule has 2 heterocycles. The molecule has 1 aliphatic heterocycles. The topological polar surface area (TPSA) is 68.3 Å². The number of hydrogen-bond donors (Lipinski definition) is 1. The van der Waals surface area contributed by atoms with Crippen LogP contribution in [0, 0.1) is 6.92 Å². The van der Waals surface area contributed by atoms with Crippen molar-refractivity contribution >= 4 is 34.0 Å². The van der Waals surface area contributed by atoms with Crippen LogP contribution in [0.3, 0.4) is 0 Å². The van der Waals surface area contributed by atoms with Crippen LogP contribution in [0.5, 0.6) is 0 Å². The molecule has 2 aromatic rings. The van der Waals surface area contributed by atoms with Crippen LogP contribution in [0.15, 0.2) is 34.6 Å². The molecule has 1 aliphatic rings. The minimum atomic E-state index is -0.300. The zero-order valence-corrected chi connectivity index (χ0v) is 14.8. The quantitative estimate of drug-likeness (QED) is 0.861. The number of nitrogens with two attached hydrogens (primary N) is 1. The van der Waals surface area contributed by atoms with Crippen LogP contribution >= 0.6 is 23.1 Å². The number of aliphatic imine (C=N–C) groups is 1. The van der Waals surface area contributed by atoms with E-state index in [9.17, 15) is 4.79 Å². The highest BCUT2D eigenvalue weighted by atomic mass is 32.2. The normalized spacial score (nSPS) is 21.0. The molecule has 0 amide bonds. The largest absolute Gasteiger partial charge is 0.379 e. The predicted molar refractivity (Wildman–Crippen MR) is 97.4 cm³/mol. The Labute approximate surface area is 144 Å². The molecule has 1 atom stereocenters. The molecule has 23 heavy (non-hydrogen) atoms. The fraction of sp³-hybridized carbons (Fsp3) is 0.353. The summed E-state index contributed by atoms with van der Waals surface area (Å²) in [6.07, 6.45) is 1.31. The summed E-state index contributed by atoms with van der Waals surface area (Å²) >= 11 is 3.10. The van der Waals surface area contributed by atoms with Gasteiger partial charge in [-0.3, -0.25) is 9.79 Å². The van der Waals surface area contributed by atoms with Gasteiger partial charge in [-0.2, -0.15) is 0 Å². The maximum atomic E-state index is 12.3. The molecule has 0 saturated carbocycles. The number of aromatic nitrogens is 1. The molecule has 0 saturated heterocycles. The van der Waals surface area contributed by atoms with Gasteiger partial charge in [-0.05, 0) is 31.4 Å². The van der Waals surface area contributed by atoms with E-state index in [-0.39, 0.29) is 11.3 Å². The van der Waals surface area contributed by atoms with E-state index in [1.54, 1.807) is 11.8 Å². The number of amidine groups is 1. The first-order valence-corrected chi connectivity index (χ1v) is 9.36. The lowest BCUT2D eigenvalue weighted by Crippen LogP contribution is -2.28. The lowest BCUT2D eigenvalue weighted by atomic mass is 9.88. The van der Waals surface area contributed by atoms with Gasteiger partial charge >= 0.3 is 0 Å². The summed E-state index contributed by atoms with van der Waals surface area (Å²) in [5.74, 6) is 1.02. The summed E-state index contributed by atoms with van der Waals surface area (Å²) in [4.78, 5) is 21.2. The average Bonchev–Trinajstić information content (AvgIpc) is 2.94. The van der Waals surface area contributed by atoms with Crippen molar-refractivity contribution in [3.63, 3.8) is 0 Å². The second-order valence-electron chi connectivity index (χ2n) is 5.87. The Kier molecular flexibility index (Phi) is 4.55. The molecule has 0 radical (unpaired) electrons. The minimum Gasteiger partial charge on any atom is -0.379 e. The molecule has 0 spiro atoms. The molecule has 0 unspecified atom stereocenters. The zero-order chi connectivity index (χ0) is 16.4. The molecule has 1 aromatic carbocycles. The third-order valence-electron chi connectivity index (χ3n) is 4.01. The van der Waals surface area contributed by atoms with Gasteiger partial charge in [0.1, 0.15) is 5.69 Å². The molecule has 6 heteroatoms. The number of carbonyl (C=O) groups is 1.